The Bertz CT molecular complexity index is 586. The fourth-order valence-electron chi connectivity index (χ4n) is 2.53. The van der Waals surface area contributed by atoms with Crippen molar-refractivity contribution in [3.8, 4) is 0 Å². The number of hydrogen-bond donors (Lipinski definition) is 2. The molecule has 0 aliphatic heterocycles. The lowest BCUT2D eigenvalue weighted by molar-refractivity contribution is 0.115. The van der Waals surface area contributed by atoms with Gasteiger partial charge in [-0.25, -0.2) is 0 Å². The Kier molecular flexibility index (Phi) is 4.80. The van der Waals surface area contributed by atoms with E-state index in [-0.39, 0.29) is 13.2 Å². The molecule has 2 rings (SSSR count). The zero-order chi connectivity index (χ0) is 15.5. The number of aliphatic hydroxyl groups excluding tert-OH is 2. The van der Waals surface area contributed by atoms with Gasteiger partial charge in [-0.05, 0) is 32.4 Å². The zero-order valence-electron chi connectivity index (χ0n) is 13.0. The van der Waals surface area contributed by atoms with Crippen LogP contribution in [0.15, 0.2) is 36.5 Å². The summed E-state index contributed by atoms with van der Waals surface area (Å²) in [6.07, 6.45) is 2.46. The van der Waals surface area contributed by atoms with Gasteiger partial charge in [-0.1, -0.05) is 29.8 Å². The van der Waals surface area contributed by atoms with Crippen LogP contribution in [0.25, 0.3) is 0 Å². The molecule has 0 spiro atoms. The highest BCUT2D eigenvalue weighted by molar-refractivity contribution is 5.31. The van der Waals surface area contributed by atoms with Gasteiger partial charge in [0.15, 0.2) is 0 Å². The number of aryl methyl sites for hydroxylation is 1. The van der Waals surface area contributed by atoms with Crippen LogP contribution in [0.2, 0.25) is 0 Å². The van der Waals surface area contributed by atoms with Crippen LogP contribution in [0.1, 0.15) is 36.7 Å². The topological polar surface area (TPSA) is 58.3 Å². The standard InChI is InChI=1S/C17H24N2O2/c1-13(2)19-8-7-16(18-19)10-17(11-20,12-21)15-6-4-5-14(3)9-15/h4-9,13,20-21H,10-12H2,1-3H3. The number of hydrogen-bond acceptors (Lipinski definition) is 3. The maximum atomic E-state index is 9.90. The molecule has 4 nitrogen and oxygen atoms in total. The van der Waals surface area contributed by atoms with Crippen molar-refractivity contribution in [2.45, 2.75) is 38.6 Å². The van der Waals surface area contributed by atoms with Gasteiger partial charge in [-0.2, -0.15) is 5.10 Å². The van der Waals surface area contributed by atoms with Crippen molar-refractivity contribution >= 4 is 0 Å². The van der Waals surface area contributed by atoms with E-state index in [1.54, 1.807) is 0 Å². The molecule has 21 heavy (non-hydrogen) atoms. The fraction of sp³-hybridized carbons (Fsp3) is 0.471. The fourth-order valence-corrected chi connectivity index (χ4v) is 2.53. The molecule has 0 unspecified atom stereocenters. The number of benzene rings is 1. The number of aromatic nitrogens is 2. The lowest BCUT2D eigenvalue weighted by atomic mass is 9.77. The molecule has 1 heterocycles. The summed E-state index contributed by atoms with van der Waals surface area (Å²) < 4.78 is 1.89. The van der Waals surface area contributed by atoms with Gasteiger partial charge in [0.2, 0.25) is 0 Å². The third-order valence-corrected chi connectivity index (χ3v) is 3.95. The van der Waals surface area contributed by atoms with E-state index < -0.39 is 5.41 Å². The third-order valence-electron chi connectivity index (χ3n) is 3.95. The highest BCUT2D eigenvalue weighted by Gasteiger charge is 2.32. The summed E-state index contributed by atoms with van der Waals surface area (Å²) in [5.41, 5.74) is 2.26. The van der Waals surface area contributed by atoms with Gasteiger partial charge in [-0.15, -0.1) is 0 Å². The highest BCUT2D eigenvalue weighted by Crippen LogP contribution is 2.28. The zero-order valence-corrected chi connectivity index (χ0v) is 13.0. The van der Waals surface area contributed by atoms with Gasteiger partial charge < -0.3 is 10.2 Å². The first-order valence-corrected chi connectivity index (χ1v) is 7.33. The highest BCUT2D eigenvalue weighted by atomic mass is 16.3. The Morgan fingerprint density at radius 2 is 1.90 bits per heavy atom. The van der Waals surface area contributed by atoms with Crippen molar-refractivity contribution in [1.29, 1.82) is 0 Å². The van der Waals surface area contributed by atoms with Gasteiger partial charge in [-0.3, -0.25) is 4.68 Å². The average molecular weight is 288 g/mol. The van der Waals surface area contributed by atoms with E-state index in [1.165, 1.54) is 0 Å². The minimum absolute atomic E-state index is 0.110. The number of nitrogens with zero attached hydrogens (tertiary/aromatic N) is 2. The van der Waals surface area contributed by atoms with E-state index in [4.69, 9.17) is 0 Å². The second kappa shape index (κ2) is 6.41. The Morgan fingerprint density at radius 1 is 1.19 bits per heavy atom. The molecule has 0 saturated heterocycles. The number of aliphatic hydroxyl groups is 2. The van der Waals surface area contributed by atoms with Crippen LogP contribution >= 0.6 is 0 Å². The Balaban J connectivity index is 2.33. The second-order valence-electron chi connectivity index (χ2n) is 6.02. The van der Waals surface area contributed by atoms with Crippen LogP contribution in [0.3, 0.4) is 0 Å². The number of rotatable bonds is 6. The van der Waals surface area contributed by atoms with Crippen LogP contribution in [0, 0.1) is 6.92 Å². The van der Waals surface area contributed by atoms with E-state index in [0.717, 1.165) is 16.8 Å². The van der Waals surface area contributed by atoms with E-state index >= 15 is 0 Å². The Labute approximate surface area is 126 Å². The third kappa shape index (κ3) is 3.34. The van der Waals surface area contributed by atoms with Gasteiger partial charge in [0.1, 0.15) is 0 Å². The van der Waals surface area contributed by atoms with Crippen LogP contribution in [0.4, 0.5) is 0 Å². The lowest BCUT2D eigenvalue weighted by Gasteiger charge is -2.30. The maximum Gasteiger partial charge on any atom is 0.0635 e. The Morgan fingerprint density at radius 3 is 2.43 bits per heavy atom. The van der Waals surface area contributed by atoms with Crippen molar-refractivity contribution in [3.05, 3.63) is 53.3 Å². The molecule has 0 radical (unpaired) electrons. The minimum Gasteiger partial charge on any atom is -0.395 e. The van der Waals surface area contributed by atoms with Crippen molar-refractivity contribution in [3.63, 3.8) is 0 Å². The van der Waals surface area contributed by atoms with Crippen molar-refractivity contribution in [1.82, 2.24) is 9.78 Å². The molecule has 0 aliphatic rings. The summed E-state index contributed by atoms with van der Waals surface area (Å²) in [5.74, 6) is 0. The first-order valence-electron chi connectivity index (χ1n) is 7.33. The quantitative estimate of drug-likeness (QED) is 0.857. The van der Waals surface area contributed by atoms with Gasteiger partial charge in [0.05, 0.1) is 18.9 Å². The summed E-state index contributed by atoms with van der Waals surface area (Å²) in [6.45, 7) is 5.94. The van der Waals surface area contributed by atoms with Crippen molar-refractivity contribution in [2.75, 3.05) is 13.2 Å². The van der Waals surface area contributed by atoms with Gasteiger partial charge in [0.25, 0.3) is 0 Å². The van der Waals surface area contributed by atoms with Gasteiger partial charge in [0, 0.05) is 24.1 Å². The molecule has 0 fully saturated rings. The molecule has 0 bridgehead atoms. The van der Waals surface area contributed by atoms with Crippen LogP contribution < -0.4 is 0 Å². The van der Waals surface area contributed by atoms with Crippen LogP contribution in [-0.4, -0.2) is 33.2 Å². The summed E-state index contributed by atoms with van der Waals surface area (Å²) in [5, 5.41) is 24.3. The molecule has 4 heteroatoms. The van der Waals surface area contributed by atoms with E-state index in [9.17, 15) is 10.2 Å². The molecule has 0 aliphatic carbocycles. The molecule has 0 saturated carbocycles. The summed E-state index contributed by atoms with van der Waals surface area (Å²) >= 11 is 0. The monoisotopic (exact) mass is 288 g/mol. The molecule has 2 N–H and O–H groups in total. The SMILES string of the molecule is Cc1cccc(C(CO)(CO)Cc2ccn(C(C)C)n2)c1. The molecule has 1 aromatic heterocycles. The van der Waals surface area contributed by atoms with E-state index in [1.807, 2.05) is 48.1 Å². The molecule has 0 atom stereocenters. The van der Waals surface area contributed by atoms with E-state index in [2.05, 4.69) is 18.9 Å². The van der Waals surface area contributed by atoms with Crippen LogP contribution in [0.5, 0.6) is 0 Å². The largest absolute Gasteiger partial charge is 0.395 e. The normalized spacial score (nSPS) is 12.1. The smallest absolute Gasteiger partial charge is 0.0635 e. The predicted octanol–water partition coefficient (Wildman–Crippen LogP) is 2.24. The molecular formula is C17H24N2O2. The average Bonchev–Trinajstić information content (AvgIpc) is 2.93. The molecule has 1 aromatic carbocycles. The molecular weight excluding hydrogens is 264 g/mol. The summed E-state index contributed by atoms with van der Waals surface area (Å²) in [6, 6.07) is 10.2. The van der Waals surface area contributed by atoms with E-state index in [0.29, 0.717) is 12.5 Å². The van der Waals surface area contributed by atoms with Crippen molar-refractivity contribution < 1.29 is 10.2 Å². The predicted molar refractivity (Wildman–Crippen MR) is 83.3 cm³/mol. The Hall–Kier alpha value is -1.65. The van der Waals surface area contributed by atoms with Gasteiger partial charge >= 0.3 is 0 Å². The van der Waals surface area contributed by atoms with Crippen molar-refractivity contribution in [2.24, 2.45) is 0 Å². The minimum atomic E-state index is -0.692. The lowest BCUT2D eigenvalue weighted by Crippen LogP contribution is -2.37. The summed E-state index contributed by atoms with van der Waals surface area (Å²) in [4.78, 5) is 0. The first-order chi connectivity index (χ1) is 10.0. The maximum absolute atomic E-state index is 9.90. The summed E-state index contributed by atoms with van der Waals surface area (Å²) in [7, 11) is 0. The second-order valence-corrected chi connectivity index (χ2v) is 6.02. The molecule has 114 valence electrons. The first kappa shape index (κ1) is 15.7. The molecule has 0 amide bonds. The van der Waals surface area contributed by atoms with Crippen LogP contribution in [-0.2, 0) is 11.8 Å². The molecule has 2 aromatic rings.